The fraction of sp³-hybridized carbons (Fsp3) is 1.00. The minimum atomic E-state index is 0. The minimum absolute atomic E-state index is 0. The van der Waals surface area contributed by atoms with Crippen molar-refractivity contribution in [2.75, 3.05) is 46.4 Å². The number of halogens is 2. The molecule has 5 heteroatoms. The summed E-state index contributed by atoms with van der Waals surface area (Å²) in [5.41, 5.74) is 0. The van der Waals surface area contributed by atoms with Crippen LogP contribution in [0, 0.1) is 0 Å². The van der Waals surface area contributed by atoms with Gasteiger partial charge >= 0.3 is 0 Å². The van der Waals surface area contributed by atoms with Crippen molar-refractivity contribution in [1.29, 1.82) is 0 Å². The second kappa shape index (κ2) is 10.5. The van der Waals surface area contributed by atoms with E-state index in [9.17, 15) is 0 Å². The minimum Gasteiger partial charge on any atom is -0.379 e. The van der Waals surface area contributed by atoms with Crippen molar-refractivity contribution in [3.05, 3.63) is 0 Å². The number of nitrogens with zero attached hydrogens (tertiary/aromatic N) is 1. The average Bonchev–Trinajstić information content (AvgIpc) is 2.07. The van der Waals surface area contributed by atoms with Gasteiger partial charge in [0, 0.05) is 13.1 Å². The van der Waals surface area contributed by atoms with Crippen LogP contribution >= 0.6 is 24.8 Å². The second-order valence-electron chi connectivity index (χ2n) is 2.91. The molecule has 13 heavy (non-hydrogen) atoms. The summed E-state index contributed by atoms with van der Waals surface area (Å²) in [6.45, 7) is 6.40. The molecule has 0 unspecified atom stereocenters. The summed E-state index contributed by atoms with van der Waals surface area (Å²) < 4.78 is 5.25. The first-order valence-corrected chi connectivity index (χ1v) is 4.38. The van der Waals surface area contributed by atoms with Crippen molar-refractivity contribution in [3.8, 4) is 0 Å². The molecule has 0 amide bonds. The summed E-state index contributed by atoms with van der Waals surface area (Å²) in [5, 5.41) is 3.15. The Morgan fingerprint density at radius 2 is 1.85 bits per heavy atom. The molecule has 0 aromatic rings. The van der Waals surface area contributed by atoms with Gasteiger partial charge in [0.2, 0.25) is 0 Å². The first kappa shape index (κ1) is 15.9. The molecule has 0 saturated carbocycles. The summed E-state index contributed by atoms with van der Waals surface area (Å²) in [4.78, 5) is 2.46. The lowest BCUT2D eigenvalue weighted by molar-refractivity contribution is 0.0375. The summed E-state index contributed by atoms with van der Waals surface area (Å²) >= 11 is 0. The van der Waals surface area contributed by atoms with Crippen LogP contribution in [0.3, 0.4) is 0 Å². The van der Waals surface area contributed by atoms with E-state index in [2.05, 4.69) is 10.2 Å². The average molecular weight is 231 g/mol. The fourth-order valence-corrected chi connectivity index (χ4v) is 1.30. The summed E-state index contributed by atoms with van der Waals surface area (Å²) in [6, 6.07) is 0. The second-order valence-corrected chi connectivity index (χ2v) is 2.91. The van der Waals surface area contributed by atoms with Crippen molar-refractivity contribution < 1.29 is 4.74 Å². The maximum Gasteiger partial charge on any atom is 0.0594 e. The van der Waals surface area contributed by atoms with Crippen LogP contribution in [0.2, 0.25) is 0 Å². The van der Waals surface area contributed by atoms with Crippen LogP contribution in [-0.4, -0.2) is 51.3 Å². The molecule has 0 bridgehead atoms. The Labute approximate surface area is 93.0 Å². The number of hydrogen-bond donors (Lipinski definition) is 1. The summed E-state index contributed by atoms with van der Waals surface area (Å²) in [6.07, 6.45) is 1.25. The largest absolute Gasteiger partial charge is 0.379 e. The van der Waals surface area contributed by atoms with Crippen molar-refractivity contribution in [1.82, 2.24) is 10.2 Å². The van der Waals surface area contributed by atoms with Crippen LogP contribution in [0.1, 0.15) is 6.42 Å². The molecule has 82 valence electrons. The van der Waals surface area contributed by atoms with E-state index in [1.54, 1.807) is 0 Å². The van der Waals surface area contributed by atoms with E-state index in [0.29, 0.717) is 0 Å². The van der Waals surface area contributed by atoms with Gasteiger partial charge in [-0.25, -0.2) is 0 Å². The highest BCUT2D eigenvalue weighted by atomic mass is 35.5. The third-order valence-corrected chi connectivity index (χ3v) is 2.00. The highest BCUT2D eigenvalue weighted by molar-refractivity contribution is 5.85. The number of rotatable bonds is 4. The van der Waals surface area contributed by atoms with Crippen LogP contribution in [0.4, 0.5) is 0 Å². The molecule has 0 aromatic carbocycles. The summed E-state index contributed by atoms with van der Waals surface area (Å²) in [5.74, 6) is 0. The van der Waals surface area contributed by atoms with E-state index >= 15 is 0 Å². The Hall–Kier alpha value is 0.460. The topological polar surface area (TPSA) is 24.5 Å². The maximum atomic E-state index is 5.25. The van der Waals surface area contributed by atoms with Crippen LogP contribution < -0.4 is 5.32 Å². The number of ether oxygens (including phenoxy) is 1. The van der Waals surface area contributed by atoms with Crippen molar-refractivity contribution in [2.45, 2.75) is 6.42 Å². The predicted octanol–water partition coefficient (Wildman–Crippen LogP) is 0.772. The zero-order valence-corrected chi connectivity index (χ0v) is 9.75. The van der Waals surface area contributed by atoms with Gasteiger partial charge in [-0.15, -0.1) is 24.8 Å². The van der Waals surface area contributed by atoms with Gasteiger partial charge < -0.3 is 10.1 Å². The van der Waals surface area contributed by atoms with Crippen molar-refractivity contribution in [3.63, 3.8) is 0 Å². The lowest BCUT2D eigenvalue weighted by Crippen LogP contribution is -2.37. The molecule has 0 aromatic heterocycles. The zero-order chi connectivity index (χ0) is 7.94. The van der Waals surface area contributed by atoms with Crippen LogP contribution in [0.25, 0.3) is 0 Å². The van der Waals surface area contributed by atoms with Crippen LogP contribution in [0.5, 0.6) is 0 Å². The van der Waals surface area contributed by atoms with Gasteiger partial charge in [-0.05, 0) is 26.6 Å². The third-order valence-electron chi connectivity index (χ3n) is 2.00. The highest BCUT2D eigenvalue weighted by Gasteiger charge is 2.08. The van der Waals surface area contributed by atoms with Crippen molar-refractivity contribution >= 4 is 24.8 Å². The first-order valence-electron chi connectivity index (χ1n) is 4.38. The monoisotopic (exact) mass is 230 g/mol. The molecule has 1 aliphatic heterocycles. The molecule has 0 radical (unpaired) electrons. The van der Waals surface area contributed by atoms with Crippen molar-refractivity contribution in [2.24, 2.45) is 0 Å². The molecular weight excluding hydrogens is 211 g/mol. The third kappa shape index (κ3) is 7.52. The number of hydrogen-bond acceptors (Lipinski definition) is 3. The first-order chi connectivity index (χ1) is 5.43. The van der Waals surface area contributed by atoms with Gasteiger partial charge in [-0.3, -0.25) is 4.90 Å². The van der Waals surface area contributed by atoms with Gasteiger partial charge in [-0.2, -0.15) is 0 Å². The quantitative estimate of drug-likeness (QED) is 0.723. The molecule has 0 aliphatic carbocycles. The molecule has 1 N–H and O–H groups in total. The molecule has 1 rings (SSSR count). The van der Waals surface area contributed by atoms with Crippen LogP contribution in [0.15, 0.2) is 0 Å². The normalized spacial score (nSPS) is 17.3. The molecule has 3 nitrogen and oxygen atoms in total. The van der Waals surface area contributed by atoms with E-state index < -0.39 is 0 Å². The van der Waals surface area contributed by atoms with Gasteiger partial charge in [0.1, 0.15) is 0 Å². The highest BCUT2D eigenvalue weighted by Crippen LogP contribution is 1.96. The zero-order valence-electron chi connectivity index (χ0n) is 8.12. The smallest absolute Gasteiger partial charge is 0.0594 e. The van der Waals surface area contributed by atoms with Gasteiger partial charge in [0.05, 0.1) is 13.2 Å². The Bertz CT molecular complexity index is 100. The molecule has 1 aliphatic rings. The van der Waals surface area contributed by atoms with E-state index in [1.165, 1.54) is 13.0 Å². The molecule has 1 fully saturated rings. The fourth-order valence-electron chi connectivity index (χ4n) is 1.30. The van der Waals surface area contributed by atoms with E-state index in [0.717, 1.165) is 32.8 Å². The molecule has 0 atom stereocenters. The molecule has 1 saturated heterocycles. The predicted molar refractivity (Wildman–Crippen MR) is 60.3 cm³/mol. The number of morpholine rings is 1. The van der Waals surface area contributed by atoms with Crippen LogP contribution in [-0.2, 0) is 4.74 Å². The Morgan fingerprint density at radius 3 is 2.38 bits per heavy atom. The van der Waals surface area contributed by atoms with E-state index in [4.69, 9.17) is 4.74 Å². The molecule has 1 heterocycles. The Balaban J connectivity index is 0. The molecule has 0 spiro atoms. The molecular formula is C8H20Cl2N2O. The van der Waals surface area contributed by atoms with E-state index in [1.807, 2.05) is 7.05 Å². The Morgan fingerprint density at radius 1 is 1.23 bits per heavy atom. The lowest BCUT2D eigenvalue weighted by atomic mass is 10.3. The number of nitrogens with one attached hydrogen (secondary N) is 1. The SMILES string of the molecule is CNCCCN1CCOCC1.Cl.Cl. The van der Waals surface area contributed by atoms with Gasteiger partial charge in [-0.1, -0.05) is 0 Å². The summed E-state index contributed by atoms with van der Waals surface area (Å²) in [7, 11) is 2.00. The van der Waals surface area contributed by atoms with Gasteiger partial charge in [0.25, 0.3) is 0 Å². The maximum absolute atomic E-state index is 5.25. The van der Waals surface area contributed by atoms with Gasteiger partial charge in [0.15, 0.2) is 0 Å². The van der Waals surface area contributed by atoms with E-state index in [-0.39, 0.29) is 24.8 Å². The standard InChI is InChI=1S/C8H18N2O.2ClH/c1-9-3-2-4-10-5-7-11-8-6-10;;/h9H,2-8H2,1H3;2*1H. The Kier molecular flexibility index (Phi) is 12.9. The lowest BCUT2D eigenvalue weighted by Gasteiger charge is -2.26.